The Balaban J connectivity index is 2.94. The summed E-state index contributed by atoms with van der Waals surface area (Å²) in [5.41, 5.74) is 6.91. The fraction of sp³-hybridized carbons (Fsp3) is 0.750. The van der Waals surface area contributed by atoms with Crippen LogP contribution in [0.1, 0.15) is 38.9 Å². The van der Waals surface area contributed by atoms with Gasteiger partial charge in [-0.15, -0.1) is 0 Å². The maximum absolute atomic E-state index is 6.23. The van der Waals surface area contributed by atoms with Crippen molar-refractivity contribution in [1.82, 2.24) is 9.78 Å². The second-order valence-electron chi connectivity index (χ2n) is 4.69. The van der Waals surface area contributed by atoms with Crippen molar-refractivity contribution in [2.75, 3.05) is 14.2 Å². The third kappa shape index (κ3) is 3.20. The summed E-state index contributed by atoms with van der Waals surface area (Å²) < 4.78 is 12.6. The predicted molar refractivity (Wildman–Crippen MR) is 67.1 cm³/mol. The van der Waals surface area contributed by atoms with Gasteiger partial charge in [-0.1, -0.05) is 0 Å². The van der Waals surface area contributed by atoms with E-state index in [0.717, 1.165) is 18.0 Å². The van der Waals surface area contributed by atoms with Crippen LogP contribution in [0, 0.1) is 0 Å². The lowest BCUT2D eigenvalue weighted by Gasteiger charge is -2.27. The first-order valence-electron chi connectivity index (χ1n) is 5.85. The van der Waals surface area contributed by atoms with E-state index in [2.05, 4.69) is 5.10 Å². The molecule has 1 heterocycles. The Morgan fingerprint density at radius 3 is 2.59 bits per heavy atom. The molecule has 2 N–H and O–H groups in total. The highest BCUT2D eigenvalue weighted by Gasteiger charge is 2.26. The maximum Gasteiger partial charge on any atom is 0.161 e. The molecule has 0 aliphatic carbocycles. The highest BCUT2D eigenvalue weighted by Crippen LogP contribution is 2.30. The number of methoxy groups -OCH3 is 2. The van der Waals surface area contributed by atoms with Gasteiger partial charge in [0.25, 0.3) is 0 Å². The van der Waals surface area contributed by atoms with Crippen molar-refractivity contribution in [2.24, 2.45) is 5.73 Å². The summed E-state index contributed by atoms with van der Waals surface area (Å²) in [6.07, 6.45) is 2.42. The quantitative estimate of drug-likeness (QED) is 0.824. The van der Waals surface area contributed by atoms with E-state index in [9.17, 15) is 0 Å². The van der Waals surface area contributed by atoms with Gasteiger partial charge in [0, 0.05) is 13.7 Å². The number of nitrogens with zero attached hydrogens (tertiary/aromatic N) is 2. The number of ether oxygens (including phenoxy) is 2. The Kier molecular flexibility index (Phi) is 4.54. The van der Waals surface area contributed by atoms with Gasteiger partial charge in [-0.2, -0.15) is 5.10 Å². The summed E-state index contributed by atoms with van der Waals surface area (Å²) in [7, 11) is 3.33. The van der Waals surface area contributed by atoms with Crippen LogP contribution in [-0.4, -0.2) is 29.6 Å². The van der Waals surface area contributed by atoms with Gasteiger partial charge in [0.15, 0.2) is 5.75 Å². The van der Waals surface area contributed by atoms with Gasteiger partial charge in [0.2, 0.25) is 0 Å². The van der Waals surface area contributed by atoms with Crippen molar-refractivity contribution < 1.29 is 9.47 Å². The van der Waals surface area contributed by atoms with Crippen LogP contribution in [-0.2, 0) is 11.3 Å². The Morgan fingerprint density at radius 2 is 2.12 bits per heavy atom. The standard InChI is InChI=1S/C12H23N3O2/c1-6-15-11(10(16-4)8-14-15)9(13)7-12(2,3)17-5/h8-9H,6-7,13H2,1-5H3. The molecule has 17 heavy (non-hydrogen) atoms. The molecule has 0 bridgehead atoms. The Hall–Kier alpha value is -1.07. The normalized spacial score (nSPS) is 13.8. The molecule has 5 nitrogen and oxygen atoms in total. The van der Waals surface area contributed by atoms with Crippen LogP contribution in [0.3, 0.4) is 0 Å². The molecule has 5 heteroatoms. The Bertz CT molecular complexity index is 339. The van der Waals surface area contributed by atoms with Crippen molar-refractivity contribution >= 4 is 0 Å². The highest BCUT2D eigenvalue weighted by atomic mass is 16.5. The predicted octanol–water partition coefficient (Wildman–Crippen LogP) is 1.73. The Morgan fingerprint density at radius 1 is 1.47 bits per heavy atom. The minimum Gasteiger partial charge on any atom is -0.493 e. The fourth-order valence-corrected chi connectivity index (χ4v) is 1.87. The third-order valence-electron chi connectivity index (χ3n) is 2.98. The smallest absolute Gasteiger partial charge is 0.161 e. The SMILES string of the molecule is CCn1ncc(OC)c1C(N)CC(C)(C)OC. The minimum atomic E-state index is -0.257. The van der Waals surface area contributed by atoms with E-state index in [0.29, 0.717) is 6.42 Å². The van der Waals surface area contributed by atoms with Crippen LogP contribution < -0.4 is 10.5 Å². The number of hydrogen-bond acceptors (Lipinski definition) is 4. The molecule has 1 atom stereocenters. The van der Waals surface area contributed by atoms with E-state index < -0.39 is 0 Å². The summed E-state index contributed by atoms with van der Waals surface area (Å²) in [6, 6.07) is -0.151. The number of nitrogens with two attached hydrogens (primary N) is 1. The lowest BCUT2D eigenvalue weighted by molar-refractivity contribution is 0.00921. The topological polar surface area (TPSA) is 62.3 Å². The first kappa shape index (κ1) is 14.0. The Labute approximate surface area is 103 Å². The molecule has 0 aromatic carbocycles. The van der Waals surface area contributed by atoms with Gasteiger partial charge in [0.1, 0.15) is 0 Å². The zero-order valence-corrected chi connectivity index (χ0v) is 11.4. The number of rotatable bonds is 6. The third-order valence-corrected chi connectivity index (χ3v) is 2.98. The molecule has 1 aromatic rings. The average molecular weight is 241 g/mol. The molecule has 0 saturated carbocycles. The average Bonchev–Trinajstić information content (AvgIpc) is 2.71. The van der Waals surface area contributed by atoms with E-state index in [1.807, 2.05) is 25.5 Å². The first-order valence-corrected chi connectivity index (χ1v) is 5.85. The van der Waals surface area contributed by atoms with E-state index in [-0.39, 0.29) is 11.6 Å². The fourth-order valence-electron chi connectivity index (χ4n) is 1.87. The van der Waals surface area contributed by atoms with Crippen LogP contribution in [0.15, 0.2) is 6.20 Å². The van der Waals surface area contributed by atoms with Crippen LogP contribution in [0.4, 0.5) is 0 Å². The second-order valence-corrected chi connectivity index (χ2v) is 4.69. The zero-order chi connectivity index (χ0) is 13.1. The van der Waals surface area contributed by atoms with Gasteiger partial charge in [-0.3, -0.25) is 4.68 Å². The van der Waals surface area contributed by atoms with Crippen LogP contribution in [0.25, 0.3) is 0 Å². The van der Waals surface area contributed by atoms with Crippen molar-refractivity contribution in [3.8, 4) is 5.75 Å². The summed E-state index contributed by atoms with van der Waals surface area (Å²) in [5.74, 6) is 0.742. The van der Waals surface area contributed by atoms with Crippen LogP contribution in [0.2, 0.25) is 0 Å². The van der Waals surface area contributed by atoms with E-state index >= 15 is 0 Å². The van der Waals surface area contributed by atoms with Gasteiger partial charge < -0.3 is 15.2 Å². The van der Waals surface area contributed by atoms with E-state index in [4.69, 9.17) is 15.2 Å². The lowest BCUT2D eigenvalue weighted by atomic mass is 9.97. The summed E-state index contributed by atoms with van der Waals surface area (Å²) in [4.78, 5) is 0. The van der Waals surface area contributed by atoms with Crippen LogP contribution in [0.5, 0.6) is 5.75 Å². The summed E-state index contributed by atoms with van der Waals surface area (Å²) in [5, 5.41) is 4.25. The summed E-state index contributed by atoms with van der Waals surface area (Å²) in [6.45, 7) is 6.85. The maximum atomic E-state index is 6.23. The van der Waals surface area contributed by atoms with Gasteiger partial charge in [-0.05, 0) is 27.2 Å². The molecule has 98 valence electrons. The largest absolute Gasteiger partial charge is 0.493 e. The second kappa shape index (κ2) is 5.51. The molecule has 1 aromatic heterocycles. The molecular formula is C12H23N3O2. The van der Waals surface area contributed by atoms with Gasteiger partial charge in [-0.25, -0.2) is 0 Å². The molecule has 0 spiro atoms. The van der Waals surface area contributed by atoms with Crippen molar-refractivity contribution in [2.45, 2.75) is 45.4 Å². The number of hydrogen-bond donors (Lipinski definition) is 1. The lowest BCUT2D eigenvalue weighted by Crippen LogP contribution is -2.30. The molecule has 0 fully saturated rings. The molecule has 1 unspecified atom stereocenters. The van der Waals surface area contributed by atoms with Crippen LogP contribution >= 0.6 is 0 Å². The zero-order valence-electron chi connectivity index (χ0n) is 11.4. The van der Waals surface area contributed by atoms with Crippen molar-refractivity contribution in [3.05, 3.63) is 11.9 Å². The van der Waals surface area contributed by atoms with E-state index in [1.165, 1.54) is 0 Å². The molecular weight excluding hydrogens is 218 g/mol. The van der Waals surface area contributed by atoms with Gasteiger partial charge >= 0.3 is 0 Å². The molecule has 0 aliphatic rings. The molecule has 1 rings (SSSR count). The molecule has 0 amide bonds. The monoisotopic (exact) mass is 241 g/mol. The minimum absolute atomic E-state index is 0.151. The van der Waals surface area contributed by atoms with Crippen molar-refractivity contribution in [3.63, 3.8) is 0 Å². The molecule has 0 radical (unpaired) electrons. The molecule has 0 saturated heterocycles. The van der Waals surface area contributed by atoms with Crippen molar-refractivity contribution in [1.29, 1.82) is 0 Å². The van der Waals surface area contributed by atoms with E-state index in [1.54, 1.807) is 20.4 Å². The molecule has 0 aliphatic heterocycles. The van der Waals surface area contributed by atoms with Gasteiger partial charge in [0.05, 0.1) is 30.6 Å². The number of aryl methyl sites for hydroxylation is 1. The first-order chi connectivity index (χ1) is 7.95. The number of aromatic nitrogens is 2. The summed E-state index contributed by atoms with van der Waals surface area (Å²) >= 11 is 0. The highest BCUT2D eigenvalue weighted by molar-refractivity contribution is 5.28.